The quantitative estimate of drug-likeness (QED) is 0.438. The van der Waals surface area contributed by atoms with Gasteiger partial charge in [0.2, 0.25) is 0 Å². The summed E-state index contributed by atoms with van der Waals surface area (Å²) in [5.41, 5.74) is 1.42. The van der Waals surface area contributed by atoms with Gasteiger partial charge in [-0.3, -0.25) is 4.79 Å². The van der Waals surface area contributed by atoms with Crippen LogP contribution in [0.1, 0.15) is 15.9 Å². The van der Waals surface area contributed by atoms with Crippen LogP contribution in [0.2, 0.25) is 0 Å². The molecule has 0 aliphatic heterocycles. The predicted octanol–water partition coefficient (Wildman–Crippen LogP) is 4.36. The number of rotatable bonds is 7. The summed E-state index contributed by atoms with van der Waals surface area (Å²) in [6.45, 7) is 0.191. The molecule has 0 aliphatic carbocycles. The van der Waals surface area contributed by atoms with Gasteiger partial charge in [-0.25, -0.2) is 4.79 Å². The molecule has 0 fully saturated rings. The van der Waals surface area contributed by atoms with Gasteiger partial charge in [0, 0.05) is 16.6 Å². The van der Waals surface area contributed by atoms with Gasteiger partial charge < -0.3 is 14.8 Å². The highest BCUT2D eigenvalue weighted by molar-refractivity contribution is 9.10. The molecule has 0 aromatic heterocycles. The molecule has 6 heteroatoms. The van der Waals surface area contributed by atoms with Crippen LogP contribution in [0.3, 0.4) is 0 Å². The van der Waals surface area contributed by atoms with Crippen molar-refractivity contribution in [1.82, 2.24) is 5.32 Å². The fourth-order valence-corrected chi connectivity index (χ4v) is 2.68. The number of ether oxygens (including phenoxy) is 2. The number of amides is 1. The Bertz CT molecular complexity index is 942. The minimum atomic E-state index is -0.551. The third kappa shape index (κ3) is 5.96. The zero-order valence-electron chi connectivity index (χ0n) is 14.9. The smallest absolute Gasteiger partial charge is 0.349 e. The second kappa shape index (κ2) is 9.71. The third-order valence-electron chi connectivity index (χ3n) is 3.79. The van der Waals surface area contributed by atoms with Crippen molar-refractivity contribution in [3.63, 3.8) is 0 Å². The van der Waals surface area contributed by atoms with E-state index >= 15 is 0 Å². The van der Waals surface area contributed by atoms with Crippen molar-refractivity contribution in [2.75, 3.05) is 6.61 Å². The highest BCUT2D eigenvalue weighted by Crippen LogP contribution is 2.17. The number of carbonyl (C=O) groups is 2. The molecule has 3 aromatic carbocycles. The van der Waals surface area contributed by atoms with Gasteiger partial charge in [-0.2, -0.15) is 0 Å². The number of nitrogens with one attached hydrogen (secondary N) is 1. The molecule has 142 valence electrons. The SMILES string of the molecule is O=C(COc1ccc(Br)cc1)Oc1cccc(C(=O)NCc2ccccc2)c1. The lowest BCUT2D eigenvalue weighted by Gasteiger charge is -2.09. The summed E-state index contributed by atoms with van der Waals surface area (Å²) >= 11 is 3.33. The van der Waals surface area contributed by atoms with Crippen LogP contribution in [-0.2, 0) is 11.3 Å². The first-order valence-electron chi connectivity index (χ1n) is 8.61. The van der Waals surface area contributed by atoms with Gasteiger partial charge in [-0.15, -0.1) is 0 Å². The molecule has 0 bridgehead atoms. The van der Waals surface area contributed by atoms with Crippen molar-refractivity contribution in [3.05, 3.63) is 94.5 Å². The molecule has 0 heterocycles. The molecule has 0 unspecified atom stereocenters. The average Bonchev–Trinajstić information content (AvgIpc) is 2.72. The van der Waals surface area contributed by atoms with E-state index in [0.717, 1.165) is 10.0 Å². The van der Waals surface area contributed by atoms with E-state index in [1.54, 1.807) is 30.3 Å². The Kier molecular flexibility index (Phi) is 6.81. The Labute approximate surface area is 171 Å². The van der Waals surface area contributed by atoms with E-state index in [0.29, 0.717) is 17.9 Å². The highest BCUT2D eigenvalue weighted by atomic mass is 79.9. The summed E-state index contributed by atoms with van der Waals surface area (Å²) in [5.74, 6) is 0.0589. The Hall–Kier alpha value is -3.12. The van der Waals surface area contributed by atoms with E-state index < -0.39 is 5.97 Å². The van der Waals surface area contributed by atoms with E-state index in [1.165, 1.54) is 6.07 Å². The third-order valence-corrected chi connectivity index (χ3v) is 4.32. The van der Waals surface area contributed by atoms with Gasteiger partial charge >= 0.3 is 5.97 Å². The molecular weight excluding hydrogens is 422 g/mol. The number of carbonyl (C=O) groups excluding carboxylic acids is 2. The van der Waals surface area contributed by atoms with Crippen LogP contribution in [0.4, 0.5) is 0 Å². The molecule has 0 radical (unpaired) electrons. The minimum absolute atomic E-state index is 0.230. The van der Waals surface area contributed by atoms with Crippen LogP contribution in [0, 0.1) is 0 Å². The normalized spacial score (nSPS) is 10.2. The summed E-state index contributed by atoms with van der Waals surface area (Å²) in [6, 6.07) is 23.2. The number of hydrogen-bond acceptors (Lipinski definition) is 4. The first-order valence-corrected chi connectivity index (χ1v) is 9.41. The van der Waals surface area contributed by atoms with Crippen LogP contribution in [0.5, 0.6) is 11.5 Å². The highest BCUT2D eigenvalue weighted by Gasteiger charge is 2.10. The summed E-state index contributed by atoms with van der Waals surface area (Å²) in [5, 5.41) is 2.84. The van der Waals surface area contributed by atoms with Crippen molar-refractivity contribution in [2.45, 2.75) is 6.54 Å². The zero-order chi connectivity index (χ0) is 19.8. The molecule has 0 atom stereocenters. The monoisotopic (exact) mass is 439 g/mol. The second-order valence-electron chi connectivity index (χ2n) is 5.91. The summed E-state index contributed by atoms with van der Waals surface area (Å²) in [6.07, 6.45) is 0. The van der Waals surface area contributed by atoms with Crippen molar-refractivity contribution >= 4 is 27.8 Å². The van der Waals surface area contributed by atoms with Crippen molar-refractivity contribution in [1.29, 1.82) is 0 Å². The fraction of sp³-hybridized carbons (Fsp3) is 0.0909. The van der Waals surface area contributed by atoms with Crippen LogP contribution in [0.15, 0.2) is 83.3 Å². The lowest BCUT2D eigenvalue weighted by Crippen LogP contribution is -2.23. The lowest BCUT2D eigenvalue weighted by molar-refractivity contribution is -0.136. The standard InChI is InChI=1S/C22H18BrNO4/c23-18-9-11-19(12-10-18)27-15-21(25)28-20-8-4-7-17(13-20)22(26)24-14-16-5-2-1-3-6-16/h1-13H,14-15H2,(H,24,26). The Balaban J connectivity index is 1.52. The number of hydrogen-bond donors (Lipinski definition) is 1. The Morgan fingerprint density at radius 2 is 1.61 bits per heavy atom. The molecule has 0 spiro atoms. The number of benzene rings is 3. The average molecular weight is 440 g/mol. The molecule has 28 heavy (non-hydrogen) atoms. The molecule has 0 aliphatic rings. The Morgan fingerprint density at radius 1 is 0.857 bits per heavy atom. The Morgan fingerprint density at radius 3 is 2.36 bits per heavy atom. The molecular formula is C22H18BrNO4. The number of esters is 1. The van der Waals surface area contributed by atoms with Crippen LogP contribution >= 0.6 is 15.9 Å². The maximum Gasteiger partial charge on any atom is 0.349 e. The molecule has 3 rings (SSSR count). The summed E-state index contributed by atoms with van der Waals surface area (Å²) < 4.78 is 11.6. The van der Waals surface area contributed by atoms with Crippen molar-refractivity contribution < 1.29 is 19.1 Å². The topological polar surface area (TPSA) is 64.6 Å². The maximum absolute atomic E-state index is 12.3. The minimum Gasteiger partial charge on any atom is -0.482 e. The van der Waals surface area contributed by atoms with Crippen LogP contribution in [-0.4, -0.2) is 18.5 Å². The molecule has 1 amide bonds. The first-order chi connectivity index (χ1) is 13.6. The number of halogens is 1. The van der Waals surface area contributed by atoms with E-state index in [9.17, 15) is 9.59 Å². The first kappa shape index (κ1) is 19.6. The van der Waals surface area contributed by atoms with Crippen molar-refractivity contribution in [3.8, 4) is 11.5 Å². The molecule has 0 saturated carbocycles. The van der Waals surface area contributed by atoms with Gasteiger partial charge in [0.1, 0.15) is 11.5 Å². The molecule has 1 N–H and O–H groups in total. The van der Waals surface area contributed by atoms with Crippen LogP contribution in [0.25, 0.3) is 0 Å². The summed E-state index contributed by atoms with van der Waals surface area (Å²) in [7, 11) is 0. The molecule has 5 nitrogen and oxygen atoms in total. The largest absolute Gasteiger partial charge is 0.482 e. The molecule has 0 saturated heterocycles. The summed E-state index contributed by atoms with van der Waals surface area (Å²) in [4.78, 5) is 24.3. The van der Waals surface area contributed by atoms with Gasteiger partial charge in [-0.05, 0) is 48.0 Å². The van der Waals surface area contributed by atoms with E-state index in [2.05, 4.69) is 21.2 Å². The van der Waals surface area contributed by atoms with Gasteiger partial charge in [0.15, 0.2) is 6.61 Å². The zero-order valence-corrected chi connectivity index (χ0v) is 16.5. The predicted molar refractivity (Wildman–Crippen MR) is 109 cm³/mol. The van der Waals surface area contributed by atoms with Gasteiger partial charge in [0.25, 0.3) is 5.91 Å². The van der Waals surface area contributed by atoms with Gasteiger partial charge in [0.05, 0.1) is 0 Å². The van der Waals surface area contributed by atoms with Crippen LogP contribution < -0.4 is 14.8 Å². The van der Waals surface area contributed by atoms with Gasteiger partial charge in [-0.1, -0.05) is 52.3 Å². The van der Waals surface area contributed by atoms with Crippen molar-refractivity contribution in [2.24, 2.45) is 0 Å². The van der Waals surface area contributed by atoms with E-state index in [1.807, 2.05) is 42.5 Å². The second-order valence-corrected chi connectivity index (χ2v) is 6.83. The molecule has 3 aromatic rings. The van der Waals surface area contributed by atoms with E-state index in [-0.39, 0.29) is 18.3 Å². The maximum atomic E-state index is 12.3. The van der Waals surface area contributed by atoms with E-state index in [4.69, 9.17) is 9.47 Å². The fourth-order valence-electron chi connectivity index (χ4n) is 2.42. The lowest BCUT2D eigenvalue weighted by atomic mass is 10.2.